The Labute approximate surface area is 533 Å². The standard InChI is InChI=1S/2C33H56N8O2.Ti/c2*42-33(43)23-15-7-14-22-24(23)32-40-30-21-13-6-5-12-20(21)28(38-30)36-26-17-9-2-1-8-16(17)25(34-26)35-27-18-10-3-4-11-19(18)29(37-27)39-31(22)41-32;/h2*16-32,34-41H,1-15H2,(H,42,43);/q;;+2/p-2. The van der Waals surface area contributed by atoms with Gasteiger partial charge in [-0.15, -0.1) is 0 Å². The van der Waals surface area contributed by atoms with Gasteiger partial charge in [-0.05, 0) is 186 Å². The van der Waals surface area contributed by atoms with Gasteiger partial charge >= 0.3 is 21.7 Å². The molecule has 16 N–H and O–H groups in total. The second-order valence-electron chi connectivity index (χ2n) is 32.2. The Morgan fingerprint density at radius 1 is 0.195 bits per heavy atom. The molecule has 20 nitrogen and oxygen atoms in total. The summed E-state index contributed by atoms with van der Waals surface area (Å²) in [7, 11) is 0. The number of carboxylic acid groups (broad SMARTS) is 2. The maximum Gasteiger partial charge on any atom is 2.00 e. The van der Waals surface area contributed by atoms with E-state index in [0.717, 1.165) is 38.5 Å². The average Bonchev–Trinajstić information content (AvgIpc) is 1.98. The molecule has 0 aromatic carbocycles. The number of hydrogen-bond acceptors (Lipinski definition) is 20. The van der Waals surface area contributed by atoms with E-state index in [2.05, 4.69) is 85.1 Å². The third-order valence-electron chi connectivity index (χ3n) is 28.4. The number of aliphatic carboxylic acids is 2. The summed E-state index contributed by atoms with van der Waals surface area (Å²) in [5.74, 6) is 5.66. The van der Waals surface area contributed by atoms with Gasteiger partial charge in [-0.1, -0.05) is 89.9 Å². The fourth-order valence-electron chi connectivity index (χ4n) is 24.7. The summed E-state index contributed by atoms with van der Waals surface area (Å²) in [6.45, 7) is 0. The van der Waals surface area contributed by atoms with Gasteiger partial charge in [0.1, 0.15) is 0 Å². The number of carbonyl (C=O) groups excluding carboxylic acids is 2. The summed E-state index contributed by atoms with van der Waals surface area (Å²) in [6.07, 6.45) is 40.3. The molecule has 0 radical (unpaired) electrons. The summed E-state index contributed by atoms with van der Waals surface area (Å²) in [5, 5.41) is 90.7. The molecule has 0 spiro atoms. The first-order valence-corrected chi connectivity index (χ1v) is 36.8. The number of nitrogens with one attached hydrogen (secondary N) is 16. The van der Waals surface area contributed by atoms with Gasteiger partial charge in [-0.3, -0.25) is 85.1 Å². The van der Waals surface area contributed by atoms with Gasteiger partial charge in [0.15, 0.2) is 0 Å². The van der Waals surface area contributed by atoms with Gasteiger partial charge in [-0.2, -0.15) is 0 Å². The molecule has 34 unspecified atom stereocenters. The summed E-state index contributed by atoms with van der Waals surface area (Å²) in [6, 6.07) is 0. The summed E-state index contributed by atoms with van der Waals surface area (Å²) < 4.78 is 0. The molecule has 0 aromatic rings. The minimum Gasteiger partial charge on any atom is -0.550 e. The molecule has 10 heterocycles. The Bertz CT molecular complexity index is 2260. The minimum absolute atomic E-state index is 0. The van der Waals surface area contributed by atoms with Crippen LogP contribution in [0.3, 0.4) is 0 Å². The van der Waals surface area contributed by atoms with Crippen LogP contribution in [0.15, 0.2) is 0 Å². The van der Waals surface area contributed by atoms with Crippen molar-refractivity contribution in [1.29, 1.82) is 0 Å². The predicted octanol–water partition coefficient (Wildman–Crippen LogP) is 1.16. The molecule has 10 saturated heterocycles. The van der Waals surface area contributed by atoms with E-state index in [1.54, 1.807) is 0 Å². The molecular formula is C66H110N16O4Ti. The minimum atomic E-state index is -0.857. The van der Waals surface area contributed by atoms with Crippen molar-refractivity contribution in [3.63, 3.8) is 0 Å². The predicted molar refractivity (Wildman–Crippen MR) is 322 cm³/mol. The first-order chi connectivity index (χ1) is 42.2. The smallest absolute Gasteiger partial charge is 0.550 e. The quantitative estimate of drug-likeness (QED) is 0.173. The van der Waals surface area contributed by atoms with Gasteiger partial charge < -0.3 is 19.8 Å². The number of carbonyl (C=O) groups is 2. The van der Waals surface area contributed by atoms with E-state index >= 15 is 0 Å². The van der Waals surface area contributed by atoms with Crippen LogP contribution in [0.5, 0.6) is 0 Å². The molecule has 34 atom stereocenters. The van der Waals surface area contributed by atoms with Crippen molar-refractivity contribution < 1.29 is 41.5 Å². The van der Waals surface area contributed by atoms with Crippen LogP contribution in [0.4, 0.5) is 0 Å². The van der Waals surface area contributed by atoms with Crippen molar-refractivity contribution in [2.75, 3.05) is 0 Å². The molecular weight excluding hydrogens is 1130 g/mol. The van der Waals surface area contributed by atoms with E-state index in [4.69, 9.17) is 0 Å². The van der Waals surface area contributed by atoms with Gasteiger partial charge in [0, 0.05) is 35.6 Å². The van der Waals surface area contributed by atoms with E-state index in [0.29, 0.717) is 120 Å². The molecule has 8 aliphatic carbocycles. The van der Waals surface area contributed by atoms with Crippen molar-refractivity contribution in [3.05, 3.63) is 0 Å². The third kappa shape index (κ3) is 11.2. The zero-order valence-corrected chi connectivity index (χ0v) is 53.5. The van der Waals surface area contributed by atoms with Crippen LogP contribution in [0.1, 0.15) is 193 Å². The fourth-order valence-corrected chi connectivity index (χ4v) is 24.7. The van der Waals surface area contributed by atoms with Crippen LogP contribution in [0.25, 0.3) is 0 Å². The first-order valence-electron chi connectivity index (χ1n) is 36.8. The molecule has 10 aliphatic heterocycles. The molecule has 18 aliphatic rings. The average molecular weight is 1240 g/mol. The van der Waals surface area contributed by atoms with E-state index in [-0.39, 0.29) is 95.2 Å². The molecule has 16 bridgehead atoms. The topological polar surface area (TPSA) is 273 Å². The van der Waals surface area contributed by atoms with Crippen molar-refractivity contribution in [3.8, 4) is 0 Å². The normalized spacial score (nSPS) is 55.4. The van der Waals surface area contributed by atoms with Crippen molar-refractivity contribution >= 4 is 11.9 Å². The molecule has 0 amide bonds. The number of hydrogen-bond donors (Lipinski definition) is 16. The Kier molecular flexibility index (Phi) is 17.9. The van der Waals surface area contributed by atoms with Crippen LogP contribution >= 0.6 is 0 Å². The SMILES string of the molecule is O=C([O-])C1CCCC2C3NC4NC(NC5NC(NC6NC(NC(N3)C12)C1CCCCC61)C1CCCCC51)C1CCCCC41.O=C([O-])C1CCCC2C3NC4NC(NC5NC(NC6NC(NC(N3)C12)C1CCCCC61)C1CCCCC51)C1CCCCC41.[Ti+2]. The number of rotatable bonds is 2. The van der Waals surface area contributed by atoms with Crippen LogP contribution in [0.2, 0.25) is 0 Å². The zero-order valence-electron chi connectivity index (χ0n) is 52.0. The van der Waals surface area contributed by atoms with Gasteiger partial charge in [0.05, 0.1) is 98.7 Å². The van der Waals surface area contributed by atoms with Gasteiger partial charge in [0.2, 0.25) is 0 Å². The third-order valence-corrected chi connectivity index (χ3v) is 28.4. The van der Waals surface area contributed by atoms with Crippen LogP contribution in [-0.2, 0) is 31.3 Å². The van der Waals surface area contributed by atoms with Gasteiger partial charge in [-0.25, -0.2) is 0 Å². The molecule has 18 rings (SSSR count). The van der Waals surface area contributed by atoms with Crippen molar-refractivity contribution in [2.24, 2.45) is 107 Å². The summed E-state index contributed by atoms with van der Waals surface area (Å²) in [5.41, 5.74) is 0. The molecule has 0 aromatic heterocycles. The summed E-state index contributed by atoms with van der Waals surface area (Å²) in [4.78, 5) is 25.0. The fraction of sp³-hybridized carbons (Fsp3) is 0.970. The second-order valence-corrected chi connectivity index (χ2v) is 32.2. The number of carboxylic acids is 2. The Hall–Kier alpha value is -0.986. The van der Waals surface area contributed by atoms with Crippen molar-refractivity contribution in [1.82, 2.24) is 85.1 Å². The molecule has 8 saturated carbocycles. The first kappa shape index (κ1) is 60.9. The van der Waals surface area contributed by atoms with E-state index in [1.807, 2.05) is 0 Å². The molecule has 18 fully saturated rings. The van der Waals surface area contributed by atoms with Gasteiger partial charge in [0.25, 0.3) is 0 Å². The summed E-state index contributed by atoms with van der Waals surface area (Å²) >= 11 is 0. The Morgan fingerprint density at radius 2 is 0.333 bits per heavy atom. The zero-order chi connectivity index (χ0) is 57.3. The van der Waals surface area contributed by atoms with Crippen LogP contribution in [-0.4, -0.2) is 111 Å². The molecule has 21 heteroatoms. The van der Waals surface area contributed by atoms with Crippen molar-refractivity contribution in [2.45, 2.75) is 291 Å². The second kappa shape index (κ2) is 25.6. The largest absolute Gasteiger partial charge is 2.00 e. The molecule has 482 valence electrons. The maximum atomic E-state index is 12.5. The Morgan fingerprint density at radius 3 is 0.494 bits per heavy atom. The Balaban J connectivity index is 0.000000139. The van der Waals surface area contributed by atoms with Crippen LogP contribution < -0.4 is 95.3 Å². The molecule has 87 heavy (non-hydrogen) atoms. The van der Waals surface area contributed by atoms with E-state index in [1.165, 1.54) is 154 Å². The maximum absolute atomic E-state index is 12.5. The van der Waals surface area contributed by atoms with E-state index in [9.17, 15) is 19.8 Å². The monoisotopic (exact) mass is 1240 g/mol. The number of fused-ring (bicyclic) bond motifs is 40. The van der Waals surface area contributed by atoms with Crippen LogP contribution in [0, 0.1) is 107 Å². The van der Waals surface area contributed by atoms with E-state index < -0.39 is 23.8 Å².